The Hall–Kier alpha value is -1.65. The van der Waals surface area contributed by atoms with Crippen molar-refractivity contribution in [1.82, 2.24) is 4.98 Å². The van der Waals surface area contributed by atoms with E-state index in [0.29, 0.717) is 10.4 Å². The first-order valence-corrected chi connectivity index (χ1v) is 5.10. The summed E-state index contributed by atoms with van der Waals surface area (Å²) in [4.78, 5) is 3.65. The molecule has 0 aliphatic rings. The van der Waals surface area contributed by atoms with E-state index < -0.39 is 10.4 Å². The number of rotatable bonds is 3. The molecular formula is C6H11N3O6S. The molecule has 0 aliphatic carbocycles. The second-order valence-corrected chi connectivity index (χ2v) is 3.60. The van der Waals surface area contributed by atoms with Crippen molar-refractivity contribution in [2.75, 3.05) is 12.8 Å². The standard InChI is InChI=1S/C6H9N3O5S.H2O/c1-4-3-5(13-2)8-6(7)9(4)14-15(10,11)12;/h3,7H,1-2H3,(H,10,11,12);1H2. The molecule has 92 valence electrons. The molecule has 0 atom stereocenters. The number of nitrogen functional groups attached to an aromatic ring is 1. The van der Waals surface area contributed by atoms with Gasteiger partial charge in [0.05, 0.1) is 13.2 Å². The molecule has 0 fully saturated rings. The highest BCUT2D eigenvalue weighted by Gasteiger charge is 2.20. The van der Waals surface area contributed by atoms with E-state index in [0.717, 1.165) is 0 Å². The lowest BCUT2D eigenvalue weighted by atomic mass is 10.4. The quantitative estimate of drug-likeness (QED) is 0.480. The van der Waals surface area contributed by atoms with Crippen molar-refractivity contribution in [3.63, 3.8) is 0 Å². The maximum absolute atomic E-state index is 10.5. The van der Waals surface area contributed by atoms with E-state index in [1.54, 1.807) is 0 Å². The molecule has 0 radical (unpaired) electrons. The lowest BCUT2D eigenvalue weighted by molar-refractivity contribution is -0.851. The van der Waals surface area contributed by atoms with Crippen LogP contribution in [0.25, 0.3) is 0 Å². The van der Waals surface area contributed by atoms with Gasteiger partial charge in [-0.15, -0.1) is 0 Å². The summed E-state index contributed by atoms with van der Waals surface area (Å²) in [6.45, 7) is 1.51. The van der Waals surface area contributed by atoms with E-state index in [1.807, 2.05) is 0 Å². The number of methoxy groups -OCH3 is 1. The number of nitrogens with two attached hydrogens (primary N) is 1. The van der Waals surface area contributed by atoms with Crippen molar-refractivity contribution in [3.05, 3.63) is 11.8 Å². The van der Waals surface area contributed by atoms with Crippen molar-refractivity contribution in [2.45, 2.75) is 6.92 Å². The lowest BCUT2D eigenvalue weighted by Gasteiger charge is -2.04. The van der Waals surface area contributed by atoms with Gasteiger partial charge in [0.15, 0.2) is 0 Å². The van der Waals surface area contributed by atoms with Gasteiger partial charge in [-0.25, -0.2) is 4.28 Å². The predicted octanol–water partition coefficient (Wildman–Crippen LogP) is -1.68. The molecule has 0 spiro atoms. The number of anilines is 1. The van der Waals surface area contributed by atoms with E-state index in [9.17, 15) is 8.42 Å². The van der Waals surface area contributed by atoms with Crippen molar-refractivity contribution >= 4 is 16.3 Å². The lowest BCUT2D eigenvalue weighted by Crippen LogP contribution is -2.50. The molecule has 0 saturated carbocycles. The third-order valence-electron chi connectivity index (χ3n) is 1.46. The third kappa shape index (κ3) is 3.49. The van der Waals surface area contributed by atoms with Crippen LogP contribution in [0.4, 0.5) is 5.95 Å². The first kappa shape index (κ1) is 14.3. The molecule has 0 bridgehead atoms. The highest BCUT2D eigenvalue weighted by atomic mass is 32.3. The van der Waals surface area contributed by atoms with Crippen LogP contribution in [0.15, 0.2) is 6.07 Å². The highest BCUT2D eigenvalue weighted by Crippen LogP contribution is 2.06. The minimum atomic E-state index is -4.64. The average Bonchev–Trinajstić information content (AvgIpc) is 2.09. The van der Waals surface area contributed by atoms with E-state index >= 15 is 0 Å². The Morgan fingerprint density at radius 3 is 2.50 bits per heavy atom. The Kier molecular flexibility index (Phi) is 4.41. The monoisotopic (exact) mass is 253 g/mol. The summed E-state index contributed by atoms with van der Waals surface area (Å²) in [5, 5.41) is 0. The van der Waals surface area contributed by atoms with Crippen molar-refractivity contribution < 1.29 is 32.2 Å². The molecule has 1 aromatic rings. The molecule has 1 heterocycles. The van der Waals surface area contributed by atoms with Crippen LogP contribution in [0, 0.1) is 6.92 Å². The fourth-order valence-electron chi connectivity index (χ4n) is 0.904. The Morgan fingerprint density at radius 2 is 2.12 bits per heavy atom. The minimum absolute atomic E-state index is 0. The van der Waals surface area contributed by atoms with Gasteiger partial charge >= 0.3 is 16.3 Å². The number of hydrogen-bond donors (Lipinski definition) is 2. The Balaban J connectivity index is 0.00000225. The Labute approximate surface area is 91.6 Å². The fourth-order valence-corrected chi connectivity index (χ4v) is 1.29. The van der Waals surface area contributed by atoms with Gasteiger partial charge in [-0.1, -0.05) is 0 Å². The summed E-state index contributed by atoms with van der Waals surface area (Å²) in [6.07, 6.45) is 0. The van der Waals surface area contributed by atoms with Crippen molar-refractivity contribution in [1.29, 1.82) is 0 Å². The van der Waals surface area contributed by atoms with Gasteiger partial charge in [0, 0.05) is 0 Å². The first-order chi connectivity index (χ1) is 6.83. The molecule has 10 heteroatoms. The average molecular weight is 253 g/mol. The van der Waals surface area contributed by atoms with Gasteiger partial charge in [-0.3, -0.25) is 10.3 Å². The smallest absolute Gasteiger partial charge is 0.476 e. The van der Waals surface area contributed by atoms with Crippen molar-refractivity contribution in [2.24, 2.45) is 0 Å². The SMILES string of the molecule is COc1cc(C)[n+](OS(=O)(=O)O)c(N)n1.[OH-]. The molecular weight excluding hydrogens is 242 g/mol. The van der Waals surface area contributed by atoms with E-state index in [4.69, 9.17) is 15.0 Å². The maximum atomic E-state index is 10.5. The molecule has 0 amide bonds. The largest absolute Gasteiger partial charge is 0.870 e. The van der Waals surface area contributed by atoms with Crippen LogP contribution >= 0.6 is 0 Å². The Bertz CT molecular complexity index is 450. The molecule has 0 unspecified atom stereocenters. The van der Waals surface area contributed by atoms with Gasteiger partial charge in [0.1, 0.15) is 5.69 Å². The Morgan fingerprint density at radius 1 is 1.56 bits per heavy atom. The molecule has 0 saturated heterocycles. The van der Waals surface area contributed by atoms with Crippen LogP contribution in [0.1, 0.15) is 5.69 Å². The summed E-state index contributed by atoms with van der Waals surface area (Å²) in [7, 11) is -3.26. The number of ether oxygens (including phenoxy) is 1. The molecule has 0 aliphatic heterocycles. The van der Waals surface area contributed by atoms with Gasteiger partial charge in [0.25, 0.3) is 5.88 Å². The second kappa shape index (κ2) is 4.92. The van der Waals surface area contributed by atoms with Crippen LogP contribution in [-0.2, 0) is 10.4 Å². The second-order valence-electron chi connectivity index (χ2n) is 2.59. The predicted molar refractivity (Wildman–Crippen MR) is 50.2 cm³/mol. The van der Waals surface area contributed by atoms with Gasteiger partial charge in [-0.05, 0) is 16.6 Å². The molecule has 1 aromatic heterocycles. The molecule has 0 aromatic carbocycles. The minimum Gasteiger partial charge on any atom is -0.870 e. The van der Waals surface area contributed by atoms with Gasteiger partial charge < -0.3 is 10.2 Å². The zero-order valence-corrected chi connectivity index (χ0v) is 9.30. The van der Waals surface area contributed by atoms with E-state index in [-0.39, 0.29) is 17.3 Å². The first-order valence-electron chi connectivity index (χ1n) is 3.74. The molecule has 16 heavy (non-hydrogen) atoms. The number of aromatic nitrogens is 2. The number of hydrogen-bond acceptors (Lipinski definition) is 7. The number of nitrogens with zero attached hydrogens (tertiary/aromatic N) is 2. The summed E-state index contributed by atoms with van der Waals surface area (Å²) < 4.78 is 39.0. The van der Waals surface area contributed by atoms with E-state index in [2.05, 4.69) is 9.27 Å². The van der Waals surface area contributed by atoms with Crippen LogP contribution < -0.4 is 19.5 Å². The van der Waals surface area contributed by atoms with Crippen LogP contribution in [0.3, 0.4) is 0 Å². The topological polar surface area (TPSA) is 146 Å². The number of aryl methyl sites for hydroxylation is 1. The van der Waals surface area contributed by atoms with Crippen LogP contribution in [0.5, 0.6) is 5.88 Å². The van der Waals surface area contributed by atoms with Crippen LogP contribution in [-0.4, -0.2) is 30.5 Å². The van der Waals surface area contributed by atoms with Gasteiger partial charge in [-0.2, -0.15) is 8.42 Å². The van der Waals surface area contributed by atoms with Crippen LogP contribution in [0.2, 0.25) is 0 Å². The summed E-state index contributed by atoms with van der Waals surface area (Å²) in [5.74, 6) is -0.0512. The third-order valence-corrected chi connectivity index (χ3v) is 1.80. The maximum Gasteiger partial charge on any atom is 0.476 e. The normalized spacial score (nSPS) is 10.4. The zero-order valence-electron chi connectivity index (χ0n) is 8.48. The fraction of sp³-hybridized carbons (Fsp3) is 0.333. The molecule has 9 nitrogen and oxygen atoms in total. The molecule has 1 rings (SSSR count). The summed E-state index contributed by atoms with van der Waals surface area (Å²) in [6, 6.07) is 1.39. The van der Waals surface area contributed by atoms with Gasteiger partial charge in [0.2, 0.25) is 0 Å². The zero-order chi connectivity index (χ0) is 11.6. The molecule has 4 N–H and O–H groups in total. The summed E-state index contributed by atoms with van der Waals surface area (Å²) in [5.41, 5.74) is 5.68. The van der Waals surface area contributed by atoms with E-state index in [1.165, 1.54) is 20.1 Å². The summed E-state index contributed by atoms with van der Waals surface area (Å²) >= 11 is 0. The van der Waals surface area contributed by atoms with Crippen molar-refractivity contribution in [3.8, 4) is 5.88 Å². The highest BCUT2D eigenvalue weighted by molar-refractivity contribution is 7.80.